The van der Waals surface area contributed by atoms with Gasteiger partial charge in [0.1, 0.15) is 11.7 Å². The summed E-state index contributed by atoms with van der Waals surface area (Å²) in [6, 6.07) is 11.6. The van der Waals surface area contributed by atoms with Crippen molar-refractivity contribution in [3.8, 4) is 11.1 Å². The van der Waals surface area contributed by atoms with Crippen molar-refractivity contribution in [3.63, 3.8) is 0 Å². The van der Waals surface area contributed by atoms with E-state index < -0.39 is 29.1 Å². The second kappa shape index (κ2) is 9.29. The number of rotatable bonds is 4. The highest BCUT2D eigenvalue weighted by atomic mass is 19.2. The molecule has 5 rings (SSSR count). The van der Waals surface area contributed by atoms with Gasteiger partial charge in [0.15, 0.2) is 11.6 Å². The van der Waals surface area contributed by atoms with Gasteiger partial charge in [0.05, 0.1) is 23.4 Å². The molecule has 0 saturated carbocycles. The van der Waals surface area contributed by atoms with E-state index >= 15 is 0 Å². The van der Waals surface area contributed by atoms with E-state index in [4.69, 9.17) is 4.74 Å². The van der Waals surface area contributed by atoms with Crippen LogP contribution in [0.4, 0.5) is 23.7 Å². The lowest BCUT2D eigenvalue weighted by Gasteiger charge is -2.10. The van der Waals surface area contributed by atoms with Gasteiger partial charge in [-0.15, -0.1) is 0 Å². The summed E-state index contributed by atoms with van der Waals surface area (Å²) in [6.07, 6.45) is -0.0319. The van der Waals surface area contributed by atoms with Gasteiger partial charge in [0.2, 0.25) is 0 Å². The zero-order chi connectivity index (χ0) is 25.4. The van der Waals surface area contributed by atoms with Crippen LogP contribution in [0.1, 0.15) is 23.7 Å². The topological polar surface area (TPSA) is 96.4 Å². The highest BCUT2D eigenvalue weighted by Crippen LogP contribution is 2.33. The van der Waals surface area contributed by atoms with Crippen molar-refractivity contribution in [2.24, 2.45) is 4.99 Å². The number of fused-ring (bicyclic) bond motifs is 2. The van der Waals surface area contributed by atoms with Crippen LogP contribution in [0.5, 0.6) is 0 Å². The summed E-state index contributed by atoms with van der Waals surface area (Å²) in [7, 11) is 0. The first kappa shape index (κ1) is 23.3. The molecule has 0 unspecified atom stereocenters. The number of nitrogens with zero attached hydrogens (tertiary/aromatic N) is 2. The van der Waals surface area contributed by atoms with Gasteiger partial charge in [-0.1, -0.05) is 18.2 Å². The van der Waals surface area contributed by atoms with Gasteiger partial charge < -0.3 is 4.74 Å². The minimum absolute atomic E-state index is 0.0232. The number of hydrogen-bond acceptors (Lipinski definition) is 5. The molecule has 4 aromatic rings. The molecule has 10 heteroatoms. The van der Waals surface area contributed by atoms with Crippen molar-refractivity contribution >= 4 is 28.4 Å². The van der Waals surface area contributed by atoms with Crippen LogP contribution >= 0.6 is 0 Å². The van der Waals surface area contributed by atoms with Crippen LogP contribution in [0.3, 0.4) is 0 Å². The van der Waals surface area contributed by atoms with E-state index in [-0.39, 0.29) is 23.8 Å². The van der Waals surface area contributed by atoms with E-state index in [1.165, 1.54) is 6.07 Å². The summed E-state index contributed by atoms with van der Waals surface area (Å²) in [5.41, 5.74) is 2.68. The van der Waals surface area contributed by atoms with Crippen molar-refractivity contribution in [1.82, 2.24) is 15.5 Å². The fourth-order valence-electron chi connectivity index (χ4n) is 4.15. The highest BCUT2D eigenvalue weighted by molar-refractivity contribution is 6.01. The number of halogens is 3. The van der Waals surface area contributed by atoms with E-state index in [1.807, 2.05) is 6.07 Å². The van der Waals surface area contributed by atoms with Crippen LogP contribution in [0.25, 0.3) is 21.9 Å². The molecule has 0 atom stereocenters. The van der Waals surface area contributed by atoms with Gasteiger partial charge in [-0.05, 0) is 53.9 Å². The van der Waals surface area contributed by atoms with Gasteiger partial charge in [0.25, 0.3) is 5.56 Å². The largest absolute Gasteiger partial charge is 0.450 e. The van der Waals surface area contributed by atoms with E-state index in [1.54, 1.807) is 31.2 Å². The summed E-state index contributed by atoms with van der Waals surface area (Å²) in [6.45, 7) is 1.94. The quantitative estimate of drug-likeness (QED) is 0.422. The standard InChI is InChI=1S/C26H19F3N4O3/c1-2-36-26(35)31-24-10-15-5-4-14(9-22(15)30-24)16-7-13(3-6-19(16)27)8-23-17-11-20(28)21(29)12-18(17)25(34)33-32-23/h3-7,9,11-12H,2,8,10H2,1H3,(H,33,34)(H,30,31,35). The first-order valence-electron chi connectivity index (χ1n) is 11.1. The molecule has 0 aliphatic carbocycles. The number of amidine groups is 1. The Balaban J connectivity index is 1.47. The number of carbonyl (C=O) groups excluding carboxylic acids is 1. The molecule has 1 aliphatic heterocycles. The summed E-state index contributed by atoms with van der Waals surface area (Å²) in [4.78, 5) is 28.1. The van der Waals surface area contributed by atoms with Crippen molar-refractivity contribution in [3.05, 3.63) is 93.2 Å². The van der Waals surface area contributed by atoms with Crippen molar-refractivity contribution in [2.45, 2.75) is 19.8 Å². The number of carbonyl (C=O) groups is 1. The lowest BCUT2D eigenvalue weighted by Crippen LogP contribution is -2.30. The molecule has 7 nitrogen and oxygen atoms in total. The molecule has 1 aromatic heterocycles. The molecule has 182 valence electrons. The average Bonchev–Trinajstić information content (AvgIpc) is 3.24. The minimum atomic E-state index is -1.13. The summed E-state index contributed by atoms with van der Waals surface area (Å²) in [5, 5.41) is 9.05. The number of ether oxygens (including phenoxy) is 1. The van der Waals surface area contributed by atoms with Crippen LogP contribution < -0.4 is 10.9 Å². The van der Waals surface area contributed by atoms with Crippen LogP contribution in [0, 0.1) is 17.5 Å². The molecule has 2 N–H and O–H groups in total. The Morgan fingerprint density at radius 2 is 1.81 bits per heavy atom. The highest BCUT2D eigenvalue weighted by Gasteiger charge is 2.19. The number of benzene rings is 3. The second-order valence-electron chi connectivity index (χ2n) is 8.23. The molecule has 0 saturated heterocycles. The Kier molecular flexibility index (Phi) is 6.01. The summed E-state index contributed by atoms with van der Waals surface area (Å²) in [5.74, 6) is -2.24. The molecule has 0 spiro atoms. The van der Waals surface area contributed by atoms with Crippen molar-refractivity contribution in [1.29, 1.82) is 0 Å². The molecule has 0 fully saturated rings. The number of aromatic nitrogens is 2. The smallest absolute Gasteiger partial charge is 0.412 e. The van der Waals surface area contributed by atoms with Crippen molar-refractivity contribution in [2.75, 3.05) is 6.61 Å². The minimum Gasteiger partial charge on any atom is -0.450 e. The van der Waals surface area contributed by atoms with E-state index in [0.717, 1.165) is 17.7 Å². The van der Waals surface area contributed by atoms with E-state index in [9.17, 15) is 22.8 Å². The fraction of sp³-hybridized carbons (Fsp3) is 0.154. The van der Waals surface area contributed by atoms with Gasteiger partial charge in [-0.25, -0.2) is 28.1 Å². The lowest BCUT2D eigenvalue weighted by atomic mass is 9.97. The number of nitrogens with one attached hydrogen (secondary N) is 2. The molecule has 36 heavy (non-hydrogen) atoms. The summed E-state index contributed by atoms with van der Waals surface area (Å²) >= 11 is 0. The number of amides is 1. The zero-order valence-corrected chi connectivity index (χ0v) is 19.0. The third-order valence-corrected chi connectivity index (χ3v) is 5.84. The van der Waals surface area contributed by atoms with Gasteiger partial charge in [0, 0.05) is 23.8 Å². The van der Waals surface area contributed by atoms with E-state index in [0.29, 0.717) is 40.3 Å². The third-order valence-electron chi connectivity index (χ3n) is 5.84. The number of H-pyrrole nitrogens is 1. The normalized spacial score (nSPS) is 12.4. The van der Waals surface area contributed by atoms with Gasteiger partial charge >= 0.3 is 6.09 Å². The van der Waals surface area contributed by atoms with Crippen LogP contribution in [-0.4, -0.2) is 28.7 Å². The van der Waals surface area contributed by atoms with Crippen molar-refractivity contribution < 1.29 is 22.7 Å². The Morgan fingerprint density at radius 1 is 1.03 bits per heavy atom. The molecule has 1 aliphatic rings. The molecular formula is C26H19F3N4O3. The van der Waals surface area contributed by atoms with Gasteiger partial charge in [-0.2, -0.15) is 5.10 Å². The Hall–Kier alpha value is -4.47. The number of aliphatic imine (C=N–C) groups is 1. The molecule has 0 bridgehead atoms. The monoisotopic (exact) mass is 492 g/mol. The molecule has 2 heterocycles. The first-order valence-corrected chi connectivity index (χ1v) is 11.1. The predicted molar refractivity (Wildman–Crippen MR) is 128 cm³/mol. The lowest BCUT2D eigenvalue weighted by molar-refractivity contribution is 0.157. The van der Waals surface area contributed by atoms with Crippen LogP contribution in [0.2, 0.25) is 0 Å². The Labute approximate surface area is 202 Å². The third kappa shape index (κ3) is 4.45. The zero-order valence-electron chi connectivity index (χ0n) is 19.0. The molecule has 3 aromatic carbocycles. The first-order chi connectivity index (χ1) is 17.3. The Bertz CT molecular complexity index is 1610. The van der Waals surface area contributed by atoms with Crippen LogP contribution in [0.15, 0.2) is 58.3 Å². The SMILES string of the molecule is CCOC(=O)NC1=Nc2cc(-c3cc(Cc4n[nH]c(=O)c5cc(F)c(F)cc45)ccc3F)ccc2C1. The predicted octanol–water partition coefficient (Wildman–Crippen LogP) is 4.93. The maximum atomic E-state index is 14.8. The summed E-state index contributed by atoms with van der Waals surface area (Å²) < 4.78 is 47.2. The average molecular weight is 492 g/mol. The van der Waals surface area contributed by atoms with Crippen LogP contribution in [-0.2, 0) is 17.6 Å². The maximum absolute atomic E-state index is 14.8. The second-order valence-corrected chi connectivity index (χ2v) is 8.23. The fourth-order valence-corrected chi connectivity index (χ4v) is 4.15. The Morgan fingerprint density at radius 3 is 2.58 bits per heavy atom. The molecule has 0 radical (unpaired) electrons. The van der Waals surface area contributed by atoms with E-state index in [2.05, 4.69) is 20.5 Å². The number of alkyl carbamates (subject to hydrolysis) is 1. The number of aromatic amines is 1. The maximum Gasteiger partial charge on any atom is 0.412 e. The molecule has 1 amide bonds. The molecular weight excluding hydrogens is 473 g/mol. The van der Waals surface area contributed by atoms with Gasteiger partial charge in [-0.3, -0.25) is 10.1 Å². The number of hydrogen-bond donors (Lipinski definition) is 2.